The molecule has 1 heterocycles. The highest BCUT2D eigenvalue weighted by molar-refractivity contribution is 5.22. The summed E-state index contributed by atoms with van der Waals surface area (Å²) in [5.41, 5.74) is 6.74. The van der Waals surface area contributed by atoms with E-state index in [2.05, 4.69) is 4.98 Å². The van der Waals surface area contributed by atoms with Crippen LogP contribution in [-0.4, -0.2) is 11.6 Å². The van der Waals surface area contributed by atoms with E-state index < -0.39 is 0 Å². The van der Waals surface area contributed by atoms with E-state index in [1.807, 2.05) is 26.0 Å². The number of hydrogen-bond acceptors (Lipinski definition) is 3. The fourth-order valence-electron chi connectivity index (χ4n) is 0.935. The molecule has 66 valence electrons. The van der Waals surface area contributed by atoms with Crippen molar-refractivity contribution in [2.75, 3.05) is 6.61 Å². The predicted molar refractivity (Wildman–Crippen MR) is 48.0 cm³/mol. The fraction of sp³-hybridized carbons (Fsp3) is 0.444. The molecule has 0 aliphatic heterocycles. The van der Waals surface area contributed by atoms with Gasteiger partial charge in [-0.25, -0.2) is 4.98 Å². The van der Waals surface area contributed by atoms with Gasteiger partial charge >= 0.3 is 0 Å². The van der Waals surface area contributed by atoms with Crippen molar-refractivity contribution in [3.63, 3.8) is 0 Å². The lowest BCUT2D eigenvalue weighted by atomic mass is 10.1. The molecular weight excluding hydrogens is 152 g/mol. The van der Waals surface area contributed by atoms with Crippen molar-refractivity contribution < 1.29 is 4.74 Å². The lowest BCUT2D eigenvalue weighted by Gasteiger charge is -2.07. The number of nitrogens with two attached hydrogens (primary N) is 1. The van der Waals surface area contributed by atoms with Crippen molar-refractivity contribution in [2.45, 2.75) is 19.9 Å². The maximum atomic E-state index is 5.70. The van der Waals surface area contributed by atoms with E-state index >= 15 is 0 Å². The van der Waals surface area contributed by atoms with Crippen LogP contribution in [0.15, 0.2) is 18.3 Å². The summed E-state index contributed by atoms with van der Waals surface area (Å²) in [6.45, 7) is 4.50. The molecule has 0 aliphatic carbocycles. The van der Waals surface area contributed by atoms with Crippen LogP contribution < -0.4 is 10.5 Å². The molecule has 1 aromatic heterocycles. The number of nitrogens with zero attached hydrogens (tertiary/aromatic N) is 1. The van der Waals surface area contributed by atoms with Crippen LogP contribution >= 0.6 is 0 Å². The zero-order chi connectivity index (χ0) is 8.97. The molecule has 12 heavy (non-hydrogen) atoms. The Morgan fingerprint density at radius 2 is 2.42 bits per heavy atom. The summed E-state index contributed by atoms with van der Waals surface area (Å²) in [5, 5.41) is 0. The lowest BCUT2D eigenvalue weighted by molar-refractivity contribution is 0.326. The van der Waals surface area contributed by atoms with Crippen molar-refractivity contribution in [1.29, 1.82) is 0 Å². The molecule has 1 rings (SSSR count). The molecular formula is C9H14N2O. The maximum Gasteiger partial charge on any atom is 0.213 e. The number of hydrogen-bond donors (Lipinski definition) is 1. The molecule has 0 saturated carbocycles. The minimum atomic E-state index is 0.0345. The number of ether oxygens (including phenoxy) is 1. The van der Waals surface area contributed by atoms with Gasteiger partial charge in [0.1, 0.15) is 0 Å². The second-order valence-electron chi connectivity index (χ2n) is 2.65. The van der Waals surface area contributed by atoms with E-state index in [1.165, 1.54) is 0 Å². The first-order valence-corrected chi connectivity index (χ1v) is 4.08. The van der Waals surface area contributed by atoms with Crippen LogP contribution in [0.3, 0.4) is 0 Å². The Morgan fingerprint density at radius 1 is 1.67 bits per heavy atom. The van der Waals surface area contributed by atoms with Gasteiger partial charge in [0, 0.05) is 18.3 Å². The summed E-state index contributed by atoms with van der Waals surface area (Å²) in [4.78, 5) is 4.03. The van der Waals surface area contributed by atoms with Gasteiger partial charge in [0.2, 0.25) is 5.88 Å². The molecule has 0 saturated heterocycles. The van der Waals surface area contributed by atoms with Crippen LogP contribution in [0.4, 0.5) is 0 Å². The molecule has 1 atom stereocenters. The quantitative estimate of drug-likeness (QED) is 0.740. The molecule has 2 N–H and O–H groups in total. The topological polar surface area (TPSA) is 48.1 Å². The summed E-state index contributed by atoms with van der Waals surface area (Å²) >= 11 is 0. The van der Waals surface area contributed by atoms with E-state index in [-0.39, 0.29) is 6.04 Å². The highest BCUT2D eigenvalue weighted by Gasteiger charge is 2.00. The Labute approximate surface area is 72.6 Å². The van der Waals surface area contributed by atoms with E-state index in [4.69, 9.17) is 10.5 Å². The number of rotatable bonds is 3. The normalized spacial score (nSPS) is 12.6. The van der Waals surface area contributed by atoms with Gasteiger partial charge in [0.15, 0.2) is 0 Å². The molecule has 0 amide bonds. The maximum absolute atomic E-state index is 5.70. The van der Waals surface area contributed by atoms with Crippen molar-refractivity contribution in [2.24, 2.45) is 5.73 Å². The van der Waals surface area contributed by atoms with Crippen LogP contribution in [0.2, 0.25) is 0 Å². The zero-order valence-corrected chi connectivity index (χ0v) is 7.45. The van der Waals surface area contributed by atoms with Gasteiger partial charge in [0.05, 0.1) is 6.61 Å². The van der Waals surface area contributed by atoms with Crippen LogP contribution in [0.25, 0.3) is 0 Å². The Kier molecular flexibility index (Phi) is 3.05. The second kappa shape index (κ2) is 4.07. The van der Waals surface area contributed by atoms with Gasteiger partial charge in [-0.05, 0) is 25.5 Å². The Bertz CT molecular complexity index is 248. The average molecular weight is 166 g/mol. The standard InChI is InChI=1S/C9H14N2O/c1-3-12-9-6-8(7(2)10)4-5-11-9/h4-7H,3,10H2,1-2H3. The minimum absolute atomic E-state index is 0.0345. The summed E-state index contributed by atoms with van der Waals surface area (Å²) < 4.78 is 5.23. The third kappa shape index (κ3) is 2.20. The summed E-state index contributed by atoms with van der Waals surface area (Å²) in [7, 11) is 0. The van der Waals surface area contributed by atoms with Crippen molar-refractivity contribution in [3.8, 4) is 5.88 Å². The first-order valence-electron chi connectivity index (χ1n) is 4.08. The monoisotopic (exact) mass is 166 g/mol. The van der Waals surface area contributed by atoms with Crippen molar-refractivity contribution >= 4 is 0 Å². The summed E-state index contributed by atoms with van der Waals surface area (Å²) in [5.74, 6) is 0.646. The smallest absolute Gasteiger partial charge is 0.213 e. The minimum Gasteiger partial charge on any atom is -0.478 e. The Hall–Kier alpha value is -1.09. The fourth-order valence-corrected chi connectivity index (χ4v) is 0.935. The molecule has 0 radical (unpaired) electrons. The molecule has 0 spiro atoms. The van der Waals surface area contributed by atoms with E-state index in [0.29, 0.717) is 12.5 Å². The molecule has 3 nitrogen and oxygen atoms in total. The molecule has 0 fully saturated rings. The second-order valence-corrected chi connectivity index (χ2v) is 2.65. The van der Waals surface area contributed by atoms with Gasteiger partial charge in [0.25, 0.3) is 0 Å². The third-order valence-corrected chi connectivity index (χ3v) is 1.58. The van der Waals surface area contributed by atoms with Gasteiger partial charge in [-0.3, -0.25) is 0 Å². The van der Waals surface area contributed by atoms with Gasteiger partial charge < -0.3 is 10.5 Å². The molecule has 1 aromatic rings. The van der Waals surface area contributed by atoms with E-state index in [0.717, 1.165) is 5.56 Å². The summed E-state index contributed by atoms with van der Waals surface area (Å²) in [6.07, 6.45) is 1.71. The molecule has 1 unspecified atom stereocenters. The molecule has 3 heteroatoms. The molecule has 0 bridgehead atoms. The van der Waals surface area contributed by atoms with E-state index in [9.17, 15) is 0 Å². The lowest BCUT2D eigenvalue weighted by Crippen LogP contribution is -2.05. The first kappa shape index (κ1) is 9.00. The zero-order valence-electron chi connectivity index (χ0n) is 7.45. The predicted octanol–water partition coefficient (Wildman–Crippen LogP) is 1.50. The third-order valence-electron chi connectivity index (χ3n) is 1.58. The highest BCUT2D eigenvalue weighted by atomic mass is 16.5. The van der Waals surface area contributed by atoms with Gasteiger partial charge in [-0.15, -0.1) is 0 Å². The molecule has 0 aliphatic rings. The first-order chi connectivity index (χ1) is 5.74. The van der Waals surface area contributed by atoms with Gasteiger partial charge in [-0.2, -0.15) is 0 Å². The van der Waals surface area contributed by atoms with Gasteiger partial charge in [-0.1, -0.05) is 0 Å². The van der Waals surface area contributed by atoms with Crippen LogP contribution in [0, 0.1) is 0 Å². The van der Waals surface area contributed by atoms with Crippen molar-refractivity contribution in [3.05, 3.63) is 23.9 Å². The van der Waals surface area contributed by atoms with Crippen molar-refractivity contribution in [1.82, 2.24) is 4.98 Å². The highest BCUT2D eigenvalue weighted by Crippen LogP contribution is 2.14. The largest absolute Gasteiger partial charge is 0.478 e. The number of aromatic nitrogens is 1. The Morgan fingerprint density at radius 3 is 3.00 bits per heavy atom. The number of pyridine rings is 1. The van der Waals surface area contributed by atoms with Crippen LogP contribution in [-0.2, 0) is 0 Å². The molecule has 0 aromatic carbocycles. The van der Waals surface area contributed by atoms with Crippen LogP contribution in [0.5, 0.6) is 5.88 Å². The van der Waals surface area contributed by atoms with Crippen LogP contribution in [0.1, 0.15) is 25.5 Å². The van der Waals surface area contributed by atoms with E-state index in [1.54, 1.807) is 6.20 Å². The summed E-state index contributed by atoms with van der Waals surface area (Å²) in [6, 6.07) is 3.80. The average Bonchev–Trinajstić information content (AvgIpc) is 2.05. The SMILES string of the molecule is CCOc1cc(C(C)N)ccn1. The Balaban J connectivity index is 2.81.